The first-order valence-corrected chi connectivity index (χ1v) is 5.74. The second-order valence-corrected chi connectivity index (χ2v) is 4.19. The van der Waals surface area contributed by atoms with Crippen molar-refractivity contribution in [2.75, 3.05) is 7.11 Å². The number of rotatable bonds is 2. The number of ether oxygens (including phenoxy) is 1. The Morgan fingerprint density at radius 3 is 2.50 bits per heavy atom. The second kappa shape index (κ2) is 4.14. The Morgan fingerprint density at radius 1 is 1.00 bits per heavy atom. The van der Waals surface area contributed by atoms with Gasteiger partial charge in [0.2, 0.25) is 0 Å². The highest BCUT2D eigenvalue weighted by Gasteiger charge is 2.07. The van der Waals surface area contributed by atoms with Gasteiger partial charge in [0.15, 0.2) is 11.5 Å². The number of nitrogens with zero attached hydrogens (tertiary/aromatic N) is 3. The van der Waals surface area contributed by atoms with Crippen molar-refractivity contribution in [1.29, 1.82) is 0 Å². The molecule has 3 aromatic rings. The highest BCUT2D eigenvalue weighted by atomic mass is 16.5. The first-order chi connectivity index (χ1) is 8.78. The van der Waals surface area contributed by atoms with Crippen LogP contribution in [0.4, 0.5) is 0 Å². The van der Waals surface area contributed by atoms with E-state index in [1.165, 1.54) is 5.56 Å². The van der Waals surface area contributed by atoms with Crippen molar-refractivity contribution >= 4 is 5.65 Å². The highest BCUT2D eigenvalue weighted by Crippen LogP contribution is 2.21. The van der Waals surface area contributed by atoms with Crippen LogP contribution in [0.15, 0.2) is 42.6 Å². The molecular formula is C14H13N3O. The average molecular weight is 239 g/mol. The molecule has 2 heterocycles. The Kier molecular flexibility index (Phi) is 2.48. The first kappa shape index (κ1) is 10.8. The minimum Gasteiger partial charge on any atom is -0.497 e. The van der Waals surface area contributed by atoms with Crippen LogP contribution >= 0.6 is 0 Å². The quantitative estimate of drug-likeness (QED) is 0.690. The predicted octanol–water partition coefficient (Wildman–Crippen LogP) is 2.71. The van der Waals surface area contributed by atoms with Gasteiger partial charge in [0.05, 0.1) is 7.11 Å². The van der Waals surface area contributed by atoms with E-state index in [1.807, 2.05) is 47.0 Å². The molecule has 0 aliphatic rings. The van der Waals surface area contributed by atoms with Crippen molar-refractivity contribution in [1.82, 2.24) is 14.6 Å². The molecule has 0 atom stereocenters. The van der Waals surface area contributed by atoms with E-state index in [-0.39, 0.29) is 0 Å². The van der Waals surface area contributed by atoms with Crippen LogP contribution in [-0.4, -0.2) is 21.7 Å². The van der Waals surface area contributed by atoms with Crippen LogP contribution < -0.4 is 4.74 Å². The van der Waals surface area contributed by atoms with E-state index < -0.39 is 0 Å². The lowest BCUT2D eigenvalue weighted by molar-refractivity contribution is 0.415. The monoisotopic (exact) mass is 239 g/mol. The van der Waals surface area contributed by atoms with Crippen molar-refractivity contribution in [2.45, 2.75) is 6.92 Å². The topological polar surface area (TPSA) is 39.4 Å². The van der Waals surface area contributed by atoms with Crippen LogP contribution in [0.2, 0.25) is 0 Å². The van der Waals surface area contributed by atoms with E-state index in [0.29, 0.717) is 0 Å². The second-order valence-electron chi connectivity index (χ2n) is 4.19. The largest absolute Gasteiger partial charge is 0.497 e. The molecule has 90 valence electrons. The summed E-state index contributed by atoms with van der Waals surface area (Å²) in [7, 11) is 1.66. The van der Waals surface area contributed by atoms with E-state index in [0.717, 1.165) is 22.8 Å². The molecule has 1 aromatic carbocycles. The summed E-state index contributed by atoms with van der Waals surface area (Å²) in [6, 6.07) is 11.8. The molecule has 0 spiro atoms. The molecule has 18 heavy (non-hydrogen) atoms. The fraction of sp³-hybridized carbons (Fsp3) is 0.143. The van der Waals surface area contributed by atoms with E-state index >= 15 is 0 Å². The number of methoxy groups -OCH3 is 1. The Morgan fingerprint density at radius 2 is 1.78 bits per heavy atom. The van der Waals surface area contributed by atoms with Gasteiger partial charge in [-0.25, -0.2) is 0 Å². The molecule has 0 amide bonds. The predicted molar refractivity (Wildman–Crippen MR) is 69.7 cm³/mol. The van der Waals surface area contributed by atoms with Crippen molar-refractivity contribution in [2.24, 2.45) is 0 Å². The maximum atomic E-state index is 5.15. The number of hydrogen-bond donors (Lipinski definition) is 0. The Balaban J connectivity index is 2.15. The van der Waals surface area contributed by atoms with Gasteiger partial charge >= 0.3 is 0 Å². The lowest BCUT2D eigenvalue weighted by Gasteiger charge is -2.03. The van der Waals surface area contributed by atoms with Crippen molar-refractivity contribution in [3.63, 3.8) is 0 Å². The van der Waals surface area contributed by atoms with Crippen LogP contribution in [0.1, 0.15) is 5.56 Å². The summed E-state index contributed by atoms with van der Waals surface area (Å²) >= 11 is 0. The van der Waals surface area contributed by atoms with Crippen molar-refractivity contribution in [3.8, 4) is 17.1 Å². The third-order valence-electron chi connectivity index (χ3n) is 2.90. The minimum absolute atomic E-state index is 0.837. The van der Waals surface area contributed by atoms with Gasteiger partial charge in [-0.15, -0.1) is 10.2 Å². The molecule has 0 N–H and O–H groups in total. The fourth-order valence-electron chi connectivity index (χ4n) is 1.93. The van der Waals surface area contributed by atoms with Gasteiger partial charge in [0, 0.05) is 11.8 Å². The van der Waals surface area contributed by atoms with Gasteiger partial charge in [0.1, 0.15) is 5.75 Å². The van der Waals surface area contributed by atoms with E-state index in [2.05, 4.69) is 17.1 Å². The molecule has 2 aromatic heterocycles. The Hall–Kier alpha value is -2.36. The standard InChI is InChI=1S/C14H13N3O/c1-10-3-8-13-15-16-14(17(13)9-10)11-4-6-12(18-2)7-5-11/h3-9H,1-2H3. The molecule has 0 fully saturated rings. The Bertz CT molecular complexity index is 686. The molecule has 0 saturated carbocycles. The van der Waals surface area contributed by atoms with E-state index in [4.69, 9.17) is 4.74 Å². The molecule has 0 unspecified atom stereocenters. The number of pyridine rings is 1. The summed E-state index contributed by atoms with van der Waals surface area (Å²) in [5, 5.41) is 8.39. The van der Waals surface area contributed by atoms with Crippen molar-refractivity contribution < 1.29 is 4.74 Å². The van der Waals surface area contributed by atoms with Crippen molar-refractivity contribution in [3.05, 3.63) is 48.2 Å². The smallest absolute Gasteiger partial charge is 0.168 e. The summed E-state index contributed by atoms with van der Waals surface area (Å²) in [4.78, 5) is 0. The summed E-state index contributed by atoms with van der Waals surface area (Å²) in [5.74, 6) is 1.68. The minimum atomic E-state index is 0.837. The first-order valence-electron chi connectivity index (χ1n) is 5.74. The summed E-state index contributed by atoms with van der Waals surface area (Å²) in [5.41, 5.74) is 3.05. The summed E-state index contributed by atoms with van der Waals surface area (Å²) < 4.78 is 7.15. The van der Waals surface area contributed by atoms with Crippen LogP contribution in [0.5, 0.6) is 5.75 Å². The van der Waals surface area contributed by atoms with Gasteiger partial charge in [-0.3, -0.25) is 4.40 Å². The number of hydrogen-bond acceptors (Lipinski definition) is 3. The zero-order chi connectivity index (χ0) is 12.5. The zero-order valence-electron chi connectivity index (χ0n) is 10.3. The van der Waals surface area contributed by atoms with Crippen LogP contribution in [0.25, 0.3) is 17.0 Å². The number of benzene rings is 1. The third-order valence-corrected chi connectivity index (χ3v) is 2.90. The van der Waals surface area contributed by atoms with Gasteiger partial charge in [-0.1, -0.05) is 6.07 Å². The highest BCUT2D eigenvalue weighted by molar-refractivity contribution is 5.60. The number of aromatic nitrogens is 3. The molecule has 4 heteroatoms. The lowest BCUT2D eigenvalue weighted by atomic mass is 10.2. The zero-order valence-corrected chi connectivity index (χ0v) is 10.3. The van der Waals surface area contributed by atoms with Crippen LogP contribution in [0.3, 0.4) is 0 Å². The molecule has 4 nitrogen and oxygen atoms in total. The maximum Gasteiger partial charge on any atom is 0.168 e. The molecule has 3 rings (SSSR count). The normalized spacial score (nSPS) is 10.8. The van der Waals surface area contributed by atoms with E-state index in [9.17, 15) is 0 Å². The number of fused-ring (bicyclic) bond motifs is 1. The molecular weight excluding hydrogens is 226 g/mol. The van der Waals surface area contributed by atoms with Gasteiger partial charge < -0.3 is 4.74 Å². The molecule has 0 aliphatic heterocycles. The SMILES string of the molecule is COc1ccc(-c2nnc3ccc(C)cn23)cc1. The van der Waals surface area contributed by atoms with E-state index in [1.54, 1.807) is 7.11 Å². The molecule has 0 aliphatic carbocycles. The average Bonchev–Trinajstić information content (AvgIpc) is 2.82. The molecule has 0 bridgehead atoms. The fourth-order valence-corrected chi connectivity index (χ4v) is 1.93. The number of aryl methyl sites for hydroxylation is 1. The molecule has 0 radical (unpaired) electrons. The van der Waals surface area contributed by atoms with Gasteiger partial charge in [-0.2, -0.15) is 0 Å². The van der Waals surface area contributed by atoms with Crippen LogP contribution in [-0.2, 0) is 0 Å². The van der Waals surface area contributed by atoms with Gasteiger partial charge in [-0.05, 0) is 42.8 Å². The maximum absolute atomic E-state index is 5.15. The third kappa shape index (κ3) is 1.72. The Labute approximate surface area is 105 Å². The lowest BCUT2D eigenvalue weighted by Crippen LogP contribution is -1.90. The summed E-state index contributed by atoms with van der Waals surface area (Å²) in [6.07, 6.45) is 2.04. The van der Waals surface area contributed by atoms with Gasteiger partial charge in [0.25, 0.3) is 0 Å². The van der Waals surface area contributed by atoms with Crippen LogP contribution in [0, 0.1) is 6.92 Å². The molecule has 0 saturated heterocycles. The summed E-state index contributed by atoms with van der Waals surface area (Å²) in [6.45, 7) is 2.05.